The molecule has 0 unspecified atom stereocenters. The van der Waals surface area contributed by atoms with Crippen molar-refractivity contribution < 1.29 is 9.47 Å². The van der Waals surface area contributed by atoms with Crippen LogP contribution in [0.5, 0.6) is 0 Å². The molecule has 3 rings (SSSR count). The van der Waals surface area contributed by atoms with Gasteiger partial charge in [-0.2, -0.15) is 0 Å². The predicted octanol–water partition coefficient (Wildman–Crippen LogP) is 0.617. The zero-order valence-electron chi connectivity index (χ0n) is 9.06. The first-order chi connectivity index (χ1) is 7.77. The SMILES string of the molecule is Nc1ccc(N2CCC3(C2)OCCO3)cn1. The van der Waals surface area contributed by atoms with Gasteiger partial charge in [-0.25, -0.2) is 4.98 Å². The lowest BCUT2D eigenvalue weighted by Crippen LogP contribution is -2.34. The molecule has 2 saturated heterocycles. The average Bonchev–Trinajstić information content (AvgIpc) is 2.91. The highest BCUT2D eigenvalue weighted by Gasteiger charge is 2.43. The quantitative estimate of drug-likeness (QED) is 0.753. The molecule has 0 bridgehead atoms. The molecule has 5 nitrogen and oxygen atoms in total. The number of hydrogen-bond acceptors (Lipinski definition) is 5. The second-order valence-electron chi connectivity index (χ2n) is 4.22. The van der Waals surface area contributed by atoms with E-state index in [4.69, 9.17) is 15.2 Å². The van der Waals surface area contributed by atoms with Crippen molar-refractivity contribution in [2.45, 2.75) is 12.2 Å². The van der Waals surface area contributed by atoms with Crippen LogP contribution in [0.15, 0.2) is 18.3 Å². The Morgan fingerprint density at radius 3 is 2.81 bits per heavy atom. The summed E-state index contributed by atoms with van der Waals surface area (Å²) >= 11 is 0. The summed E-state index contributed by atoms with van der Waals surface area (Å²) in [6.07, 6.45) is 2.71. The first-order valence-electron chi connectivity index (χ1n) is 5.52. The summed E-state index contributed by atoms with van der Waals surface area (Å²) in [5, 5.41) is 0. The zero-order chi connectivity index (χ0) is 11.0. The number of pyridine rings is 1. The summed E-state index contributed by atoms with van der Waals surface area (Å²) in [5.74, 6) is 0.174. The van der Waals surface area contributed by atoms with Crippen LogP contribution in [-0.2, 0) is 9.47 Å². The third-order valence-electron chi connectivity index (χ3n) is 3.14. The molecule has 2 aliphatic heterocycles. The summed E-state index contributed by atoms with van der Waals surface area (Å²) in [7, 11) is 0. The molecule has 0 amide bonds. The van der Waals surface area contributed by atoms with Crippen molar-refractivity contribution in [2.24, 2.45) is 0 Å². The van der Waals surface area contributed by atoms with Gasteiger partial charge in [0, 0.05) is 13.0 Å². The number of nitrogen functional groups attached to an aromatic ring is 1. The molecular weight excluding hydrogens is 206 g/mol. The van der Waals surface area contributed by atoms with E-state index in [1.807, 2.05) is 12.1 Å². The third-order valence-corrected chi connectivity index (χ3v) is 3.14. The van der Waals surface area contributed by atoms with Crippen LogP contribution >= 0.6 is 0 Å². The Bertz CT molecular complexity index is 373. The van der Waals surface area contributed by atoms with E-state index in [1.165, 1.54) is 0 Å². The van der Waals surface area contributed by atoms with Crippen molar-refractivity contribution in [1.29, 1.82) is 0 Å². The maximum atomic E-state index is 5.67. The number of aromatic nitrogens is 1. The molecule has 0 radical (unpaired) electrons. The molecular formula is C11H15N3O2. The predicted molar refractivity (Wildman–Crippen MR) is 60.1 cm³/mol. The molecule has 0 atom stereocenters. The van der Waals surface area contributed by atoms with Crippen molar-refractivity contribution in [3.05, 3.63) is 18.3 Å². The third kappa shape index (κ3) is 1.62. The zero-order valence-corrected chi connectivity index (χ0v) is 9.06. The Kier molecular flexibility index (Phi) is 2.22. The molecule has 1 spiro atoms. The molecule has 86 valence electrons. The maximum Gasteiger partial charge on any atom is 0.187 e. The van der Waals surface area contributed by atoms with E-state index in [2.05, 4.69) is 9.88 Å². The molecule has 1 aromatic rings. The fraction of sp³-hybridized carbons (Fsp3) is 0.545. The molecule has 3 heterocycles. The fourth-order valence-electron chi connectivity index (χ4n) is 2.29. The molecule has 1 aromatic heterocycles. The number of ether oxygens (including phenoxy) is 2. The van der Waals surface area contributed by atoms with E-state index >= 15 is 0 Å². The van der Waals surface area contributed by atoms with E-state index in [9.17, 15) is 0 Å². The van der Waals surface area contributed by atoms with Crippen LogP contribution in [0.1, 0.15) is 6.42 Å². The van der Waals surface area contributed by atoms with Gasteiger partial charge in [0.15, 0.2) is 5.79 Å². The van der Waals surface area contributed by atoms with Gasteiger partial charge in [0.2, 0.25) is 0 Å². The van der Waals surface area contributed by atoms with E-state index in [-0.39, 0.29) is 5.79 Å². The second kappa shape index (κ2) is 3.61. The first kappa shape index (κ1) is 9.86. The molecule has 0 saturated carbocycles. The van der Waals surface area contributed by atoms with Crippen LogP contribution in [-0.4, -0.2) is 37.1 Å². The number of nitrogens with two attached hydrogens (primary N) is 1. The second-order valence-corrected chi connectivity index (χ2v) is 4.22. The van der Waals surface area contributed by atoms with Crippen molar-refractivity contribution >= 4 is 11.5 Å². The normalized spacial score (nSPS) is 23.1. The minimum absolute atomic E-state index is 0.374. The molecule has 0 aliphatic carbocycles. The van der Waals surface area contributed by atoms with Gasteiger partial charge in [-0.05, 0) is 12.1 Å². The Morgan fingerprint density at radius 1 is 1.31 bits per heavy atom. The summed E-state index contributed by atoms with van der Waals surface area (Å²) in [4.78, 5) is 6.31. The first-order valence-corrected chi connectivity index (χ1v) is 5.52. The number of hydrogen-bond donors (Lipinski definition) is 1. The lowest BCUT2D eigenvalue weighted by atomic mass is 10.2. The smallest absolute Gasteiger partial charge is 0.187 e. The van der Waals surface area contributed by atoms with Gasteiger partial charge < -0.3 is 20.1 Å². The number of anilines is 2. The van der Waals surface area contributed by atoms with Crippen LogP contribution in [0.3, 0.4) is 0 Å². The topological polar surface area (TPSA) is 60.6 Å². The van der Waals surface area contributed by atoms with Gasteiger partial charge in [0.1, 0.15) is 5.82 Å². The van der Waals surface area contributed by atoms with Crippen molar-refractivity contribution in [3.8, 4) is 0 Å². The highest BCUT2D eigenvalue weighted by atomic mass is 16.7. The molecule has 2 N–H and O–H groups in total. The van der Waals surface area contributed by atoms with Gasteiger partial charge in [-0.15, -0.1) is 0 Å². The Balaban J connectivity index is 1.75. The highest BCUT2D eigenvalue weighted by molar-refractivity contribution is 5.49. The van der Waals surface area contributed by atoms with Crippen LogP contribution in [0.2, 0.25) is 0 Å². The van der Waals surface area contributed by atoms with Crippen LogP contribution < -0.4 is 10.6 Å². The highest BCUT2D eigenvalue weighted by Crippen LogP contribution is 2.33. The molecule has 2 fully saturated rings. The lowest BCUT2D eigenvalue weighted by Gasteiger charge is -2.23. The number of nitrogens with zero attached hydrogens (tertiary/aromatic N) is 2. The minimum atomic E-state index is -0.374. The van der Waals surface area contributed by atoms with Crippen LogP contribution in [0.4, 0.5) is 11.5 Å². The van der Waals surface area contributed by atoms with E-state index in [0.29, 0.717) is 19.0 Å². The van der Waals surface area contributed by atoms with Gasteiger partial charge >= 0.3 is 0 Å². The fourth-order valence-corrected chi connectivity index (χ4v) is 2.29. The maximum absolute atomic E-state index is 5.67. The van der Waals surface area contributed by atoms with Gasteiger partial charge in [-0.1, -0.05) is 0 Å². The van der Waals surface area contributed by atoms with E-state index in [1.54, 1.807) is 6.20 Å². The standard InChI is InChI=1S/C11H15N3O2/c12-10-2-1-9(7-13-10)14-4-3-11(8-14)15-5-6-16-11/h1-2,7H,3-6,8H2,(H2,12,13). The summed E-state index contributed by atoms with van der Waals surface area (Å²) in [6.45, 7) is 3.12. The lowest BCUT2D eigenvalue weighted by molar-refractivity contribution is -0.137. The molecule has 0 aromatic carbocycles. The molecule has 5 heteroatoms. The van der Waals surface area contributed by atoms with Gasteiger partial charge in [-0.3, -0.25) is 0 Å². The molecule has 2 aliphatic rings. The van der Waals surface area contributed by atoms with Crippen molar-refractivity contribution in [2.75, 3.05) is 36.9 Å². The summed E-state index contributed by atoms with van der Waals surface area (Å²) < 4.78 is 11.3. The number of rotatable bonds is 1. The van der Waals surface area contributed by atoms with Gasteiger partial charge in [0.05, 0.1) is 31.6 Å². The Morgan fingerprint density at radius 2 is 2.12 bits per heavy atom. The van der Waals surface area contributed by atoms with Crippen LogP contribution in [0, 0.1) is 0 Å². The van der Waals surface area contributed by atoms with E-state index in [0.717, 1.165) is 25.2 Å². The monoisotopic (exact) mass is 221 g/mol. The van der Waals surface area contributed by atoms with E-state index < -0.39 is 0 Å². The van der Waals surface area contributed by atoms with Gasteiger partial charge in [0.25, 0.3) is 0 Å². The summed E-state index contributed by atoms with van der Waals surface area (Å²) in [6, 6.07) is 3.80. The summed E-state index contributed by atoms with van der Waals surface area (Å²) in [5.41, 5.74) is 6.64. The van der Waals surface area contributed by atoms with Crippen molar-refractivity contribution in [3.63, 3.8) is 0 Å². The van der Waals surface area contributed by atoms with Crippen LogP contribution in [0.25, 0.3) is 0 Å². The Labute approximate surface area is 94.2 Å². The van der Waals surface area contributed by atoms with Crippen molar-refractivity contribution in [1.82, 2.24) is 4.98 Å². The largest absolute Gasteiger partial charge is 0.384 e. The Hall–Kier alpha value is -1.33. The minimum Gasteiger partial charge on any atom is -0.384 e. The molecule has 16 heavy (non-hydrogen) atoms. The average molecular weight is 221 g/mol.